The van der Waals surface area contributed by atoms with E-state index in [9.17, 15) is 0 Å². The van der Waals surface area contributed by atoms with Crippen LogP contribution in [0.2, 0.25) is 0 Å². The van der Waals surface area contributed by atoms with Crippen molar-refractivity contribution >= 4 is 0 Å². The number of rotatable bonds is 2. The minimum Gasteiger partial charge on any atom is -0.328 e. The van der Waals surface area contributed by atoms with Crippen LogP contribution in [0.5, 0.6) is 0 Å². The van der Waals surface area contributed by atoms with E-state index in [2.05, 4.69) is 18.8 Å². The van der Waals surface area contributed by atoms with Crippen molar-refractivity contribution in [2.75, 3.05) is 0 Å². The third kappa shape index (κ3) is 3.04. The highest BCUT2D eigenvalue weighted by Crippen LogP contribution is 2.33. The molecule has 0 aliphatic heterocycles. The topological polar surface area (TPSA) is 26.0 Å². The molecule has 3 atom stereocenters. The summed E-state index contributed by atoms with van der Waals surface area (Å²) in [7, 11) is 0. The molecule has 1 fully saturated rings. The molecule has 0 aromatic rings. The molecule has 1 nitrogen and oxygen atoms in total. The van der Waals surface area contributed by atoms with E-state index in [1.165, 1.54) is 25.7 Å². The van der Waals surface area contributed by atoms with Gasteiger partial charge in [-0.25, -0.2) is 0 Å². The van der Waals surface area contributed by atoms with E-state index in [1.54, 1.807) is 0 Å². The van der Waals surface area contributed by atoms with Crippen LogP contribution in [0.1, 0.15) is 46.0 Å². The maximum Gasteiger partial charge on any atom is 0.0120 e. The molecule has 1 rings (SSSR count). The first-order chi connectivity index (χ1) is 6.27. The minimum atomic E-state index is 0.437. The predicted octanol–water partition coefficient (Wildman–Crippen LogP) is 2.55. The fraction of sp³-hybridized carbons (Fsp3) is 0.833. The highest BCUT2D eigenvalue weighted by atomic mass is 14.6. The molecule has 3 unspecified atom stereocenters. The van der Waals surface area contributed by atoms with Crippen molar-refractivity contribution in [2.45, 2.75) is 52.0 Å². The fourth-order valence-corrected chi connectivity index (χ4v) is 2.38. The molecule has 1 heteroatoms. The van der Waals surface area contributed by atoms with E-state index >= 15 is 0 Å². The number of hydrogen-bond acceptors (Lipinski definition) is 1. The van der Waals surface area contributed by atoms with Crippen LogP contribution in [0, 0.1) is 23.7 Å². The van der Waals surface area contributed by atoms with Crippen LogP contribution >= 0.6 is 0 Å². The summed E-state index contributed by atoms with van der Waals surface area (Å²) in [5, 5.41) is 0. The van der Waals surface area contributed by atoms with E-state index in [4.69, 9.17) is 5.73 Å². The fourth-order valence-electron chi connectivity index (χ4n) is 2.38. The van der Waals surface area contributed by atoms with Gasteiger partial charge in [0.05, 0.1) is 0 Å². The van der Waals surface area contributed by atoms with Gasteiger partial charge in [0.25, 0.3) is 0 Å². The van der Waals surface area contributed by atoms with Gasteiger partial charge in [0, 0.05) is 12.5 Å². The number of hydrogen-bond donors (Lipinski definition) is 1. The summed E-state index contributed by atoms with van der Waals surface area (Å²) in [6.45, 7) is 4.21. The van der Waals surface area contributed by atoms with Gasteiger partial charge in [0.15, 0.2) is 0 Å². The highest BCUT2D eigenvalue weighted by Gasteiger charge is 2.26. The first-order valence-electron chi connectivity index (χ1n) is 5.43. The normalized spacial score (nSPS) is 33.6. The van der Waals surface area contributed by atoms with Crippen LogP contribution in [0.15, 0.2) is 0 Å². The lowest BCUT2D eigenvalue weighted by atomic mass is 9.74. The quantitative estimate of drug-likeness (QED) is 0.648. The first-order valence-corrected chi connectivity index (χ1v) is 5.43. The van der Waals surface area contributed by atoms with Crippen LogP contribution in [0.4, 0.5) is 0 Å². The average molecular weight is 179 g/mol. The molecule has 1 aliphatic rings. The summed E-state index contributed by atoms with van der Waals surface area (Å²) in [6, 6.07) is 0.437. The summed E-state index contributed by atoms with van der Waals surface area (Å²) >= 11 is 0. The zero-order valence-electron chi connectivity index (χ0n) is 8.84. The third-order valence-electron chi connectivity index (χ3n) is 3.25. The van der Waals surface area contributed by atoms with Crippen molar-refractivity contribution in [3.8, 4) is 11.8 Å². The van der Waals surface area contributed by atoms with E-state index in [0.717, 1.165) is 18.3 Å². The van der Waals surface area contributed by atoms with Gasteiger partial charge in [0.1, 0.15) is 0 Å². The molecule has 0 aromatic heterocycles. The summed E-state index contributed by atoms with van der Waals surface area (Å²) in [5.41, 5.74) is 5.97. The first kappa shape index (κ1) is 10.6. The minimum absolute atomic E-state index is 0.437. The Hall–Kier alpha value is -0.480. The van der Waals surface area contributed by atoms with Crippen molar-refractivity contribution in [3.05, 3.63) is 0 Å². The van der Waals surface area contributed by atoms with E-state index in [1.807, 2.05) is 6.92 Å². The predicted molar refractivity (Wildman–Crippen MR) is 57.2 cm³/mol. The summed E-state index contributed by atoms with van der Waals surface area (Å²) in [4.78, 5) is 0. The van der Waals surface area contributed by atoms with Crippen molar-refractivity contribution in [2.24, 2.45) is 17.6 Å². The second kappa shape index (κ2) is 5.29. The van der Waals surface area contributed by atoms with Crippen LogP contribution in [0.3, 0.4) is 0 Å². The molecule has 0 radical (unpaired) electrons. The molecule has 74 valence electrons. The Morgan fingerprint density at radius 3 is 2.69 bits per heavy atom. The Labute approximate surface area is 82.1 Å². The molecule has 0 spiro atoms. The maximum absolute atomic E-state index is 5.97. The van der Waals surface area contributed by atoms with Crippen molar-refractivity contribution in [1.82, 2.24) is 0 Å². The molecule has 0 amide bonds. The van der Waals surface area contributed by atoms with E-state index in [-0.39, 0.29) is 0 Å². The van der Waals surface area contributed by atoms with Gasteiger partial charge in [-0.3, -0.25) is 0 Å². The molecule has 13 heavy (non-hydrogen) atoms. The lowest BCUT2D eigenvalue weighted by Gasteiger charge is -2.33. The average Bonchev–Trinajstić information content (AvgIpc) is 2.15. The van der Waals surface area contributed by atoms with E-state index in [0.29, 0.717) is 6.04 Å². The van der Waals surface area contributed by atoms with Crippen LogP contribution in [-0.2, 0) is 0 Å². The smallest absolute Gasteiger partial charge is 0.0120 e. The Morgan fingerprint density at radius 2 is 2.08 bits per heavy atom. The molecule has 0 saturated heterocycles. The SMILES string of the molecule is CC#CCC1CC(N)CCC1CC. The third-order valence-corrected chi connectivity index (χ3v) is 3.25. The Kier molecular flexibility index (Phi) is 4.32. The van der Waals surface area contributed by atoms with Gasteiger partial charge >= 0.3 is 0 Å². The summed E-state index contributed by atoms with van der Waals surface area (Å²) < 4.78 is 0. The van der Waals surface area contributed by atoms with Gasteiger partial charge in [-0.05, 0) is 38.0 Å². The van der Waals surface area contributed by atoms with Gasteiger partial charge in [0.2, 0.25) is 0 Å². The Bertz CT molecular complexity index is 199. The van der Waals surface area contributed by atoms with Crippen molar-refractivity contribution < 1.29 is 0 Å². The Morgan fingerprint density at radius 1 is 1.31 bits per heavy atom. The standard InChI is InChI=1S/C12H21N/c1-3-5-6-11-9-12(13)8-7-10(11)4-2/h10-12H,4,6-9,13H2,1-2H3. The zero-order chi connectivity index (χ0) is 9.68. The Balaban J connectivity index is 2.47. The van der Waals surface area contributed by atoms with Crippen LogP contribution in [-0.4, -0.2) is 6.04 Å². The van der Waals surface area contributed by atoms with Crippen molar-refractivity contribution in [3.63, 3.8) is 0 Å². The number of nitrogens with two attached hydrogens (primary N) is 1. The lowest BCUT2D eigenvalue weighted by Crippen LogP contribution is -2.33. The largest absolute Gasteiger partial charge is 0.328 e. The molecule has 0 aromatic carbocycles. The molecular formula is C12H21N. The second-order valence-corrected chi connectivity index (χ2v) is 4.13. The summed E-state index contributed by atoms with van der Waals surface area (Å²) in [5.74, 6) is 7.82. The van der Waals surface area contributed by atoms with Gasteiger partial charge in [-0.1, -0.05) is 13.3 Å². The highest BCUT2D eigenvalue weighted by molar-refractivity contribution is 4.98. The summed E-state index contributed by atoms with van der Waals surface area (Å²) in [6.07, 6.45) is 6.07. The van der Waals surface area contributed by atoms with Crippen LogP contribution < -0.4 is 5.73 Å². The monoisotopic (exact) mass is 179 g/mol. The zero-order valence-corrected chi connectivity index (χ0v) is 8.84. The van der Waals surface area contributed by atoms with Crippen LogP contribution in [0.25, 0.3) is 0 Å². The molecule has 0 bridgehead atoms. The molecule has 2 N–H and O–H groups in total. The molecule has 1 saturated carbocycles. The lowest BCUT2D eigenvalue weighted by molar-refractivity contribution is 0.214. The van der Waals surface area contributed by atoms with E-state index < -0.39 is 0 Å². The second-order valence-electron chi connectivity index (χ2n) is 4.13. The van der Waals surface area contributed by atoms with Gasteiger partial charge in [-0.15, -0.1) is 11.8 Å². The van der Waals surface area contributed by atoms with Gasteiger partial charge in [-0.2, -0.15) is 0 Å². The molecule has 0 heterocycles. The van der Waals surface area contributed by atoms with Gasteiger partial charge < -0.3 is 5.73 Å². The maximum atomic E-state index is 5.97. The molecular weight excluding hydrogens is 158 g/mol. The van der Waals surface area contributed by atoms with Crippen molar-refractivity contribution in [1.29, 1.82) is 0 Å². The molecule has 1 aliphatic carbocycles.